The molecule has 0 aliphatic heterocycles. The van der Waals surface area contributed by atoms with E-state index < -0.39 is 6.67 Å². The van der Waals surface area contributed by atoms with Gasteiger partial charge in [0.25, 0.3) is 5.91 Å². The smallest absolute Gasteiger partial charge is 0.271 e. The molecule has 1 amide bonds. The molecule has 134 valence electrons. The van der Waals surface area contributed by atoms with Crippen molar-refractivity contribution in [2.24, 2.45) is 0 Å². The molecule has 4 nitrogen and oxygen atoms in total. The van der Waals surface area contributed by atoms with Crippen molar-refractivity contribution >= 4 is 34.7 Å². The highest BCUT2D eigenvalue weighted by molar-refractivity contribution is 7.21. The molecule has 3 aromatic rings. The van der Waals surface area contributed by atoms with E-state index in [1.54, 1.807) is 31.3 Å². The number of carbonyl (C=O) groups excluding carboxylic acids is 1. The van der Waals surface area contributed by atoms with Crippen LogP contribution in [0.1, 0.15) is 27.9 Å². The number of rotatable bonds is 6. The van der Waals surface area contributed by atoms with Crippen LogP contribution in [0.25, 0.3) is 16.1 Å². The second kappa shape index (κ2) is 8.29. The van der Waals surface area contributed by atoms with Gasteiger partial charge < -0.3 is 5.32 Å². The van der Waals surface area contributed by atoms with Crippen molar-refractivity contribution in [1.82, 2.24) is 15.3 Å². The molecular formula is C18H15F2N3OS2. The fraction of sp³-hybridized carbons (Fsp3) is 0.167. The van der Waals surface area contributed by atoms with Crippen molar-refractivity contribution in [1.29, 1.82) is 0 Å². The molecule has 26 heavy (non-hydrogen) atoms. The van der Waals surface area contributed by atoms with E-state index in [9.17, 15) is 13.6 Å². The summed E-state index contributed by atoms with van der Waals surface area (Å²) in [5.74, 6) is -0.701. The Hall–Kier alpha value is -2.45. The van der Waals surface area contributed by atoms with Crippen molar-refractivity contribution in [2.75, 3.05) is 6.67 Å². The quantitative estimate of drug-likeness (QED) is 0.662. The van der Waals surface area contributed by atoms with Gasteiger partial charge in [0, 0.05) is 18.1 Å². The summed E-state index contributed by atoms with van der Waals surface area (Å²) in [5.41, 5.74) is 1.51. The third-order valence-corrected chi connectivity index (χ3v) is 5.36. The van der Waals surface area contributed by atoms with Crippen LogP contribution in [-0.2, 0) is 6.54 Å². The third kappa shape index (κ3) is 4.39. The number of aromatic nitrogens is 2. The molecule has 0 saturated heterocycles. The largest absolute Gasteiger partial charge is 0.347 e. The minimum Gasteiger partial charge on any atom is -0.347 e. The molecule has 8 heteroatoms. The van der Waals surface area contributed by atoms with Gasteiger partial charge in [-0.3, -0.25) is 4.79 Å². The van der Waals surface area contributed by atoms with Crippen LogP contribution in [0.15, 0.2) is 41.4 Å². The van der Waals surface area contributed by atoms with Gasteiger partial charge in [-0.2, -0.15) is 0 Å². The van der Waals surface area contributed by atoms with Crippen molar-refractivity contribution in [3.63, 3.8) is 0 Å². The van der Waals surface area contributed by atoms with Crippen molar-refractivity contribution in [2.45, 2.75) is 13.5 Å². The lowest BCUT2D eigenvalue weighted by atomic mass is 10.2. The van der Waals surface area contributed by atoms with Crippen molar-refractivity contribution < 1.29 is 13.6 Å². The van der Waals surface area contributed by atoms with E-state index in [0.29, 0.717) is 20.5 Å². The lowest BCUT2D eigenvalue weighted by Gasteiger charge is -2.04. The van der Waals surface area contributed by atoms with Gasteiger partial charge in [-0.25, -0.2) is 18.7 Å². The van der Waals surface area contributed by atoms with E-state index in [0.717, 1.165) is 5.56 Å². The molecule has 0 radical (unpaired) electrons. The Kier molecular flexibility index (Phi) is 5.85. The topological polar surface area (TPSA) is 54.9 Å². The lowest BCUT2D eigenvalue weighted by molar-refractivity contribution is 0.0946. The van der Waals surface area contributed by atoms with Gasteiger partial charge in [0.05, 0.1) is 4.88 Å². The van der Waals surface area contributed by atoms with Gasteiger partial charge in [-0.05, 0) is 36.3 Å². The molecule has 0 fully saturated rings. The number of alkyl halides is 1. The average Bonchev–Trinajstić information content (AvgIpc) is 3.30. The minimum absolute atomic E-state index is 0.232. The number of allylic oxidation sites excluding steroid dienone is 1. The zero-order chi connectivity index (χ0) is 18.5. The average molecular weight is 391 g/mol. The summed E-state index contributed by atoms with van der Waals surface area (Å²) in [6.45, 7) is 1.30. The molecule has 2 aromatic heterocycles. The Bertz CT molecular complexity index is 919. The van der Waals surface area contributed by atoms with Crippen LogP contribution in [0.2, 0.25) is 0 Å². The zero-order valence-electron chi connectivity index (χ0n) is 13.8. The maximum absolute atomic E-state index is 13.0. The summed E-state index contributed by atoms with van der Waals surface area (Å²) in [5, 5.41) is 5.92. The lowest BCUT2D eigenvalue weighted by Crippen LogP contribution is -2.23. The molecule has 1 aromatic carbocycles. The summed E-state index contributed by atoms with van der Waals surface area (Å²) < 4.78 is 25.8. The highest BCUT2D eigenvalue weighted by atomic mass is 32.1. The number of nitrogens with one attached hydrogen (secondary N) is 1. The maximum Gasteiger partial charge on any atom is 0.271 e. The van der Waals surface area contributed by atoms with Crippen molar-refractivity contribution in [3.05, 3.63) is 63.4 Å². The highest BCUT2D eigenvalue weighted by Gasteiger charge is 2.19. The van der Waals surface area contributed by atoms with Gasteiger partial charge >= 0.3 is 0 Å². The number of amides is 1. The molecule has 0 bridgehead atoms. The Balaban J connectivity index is 1.84. The second-order valence-corrected chi connectivity index (χ2v) is 7.43. The van der Waals surface area contributed by atoms with E-state index in [4.69, 9.17) is 0 Å². The van der Waals surface area contributed by atoms with Crippen molar-refractivity contribution in [3.8, 4) is 10.0 Å². The highest BCUT2D eigenvalue weighted by Crippen LogP contribution is 2.31. The molecule has 0 aliphatic carbocycles. The van der Waals surface area contributed by atoms with E-state index in [-0.39, 0.29) is 24.0 Å². The second-order valence-electron chi connectivity index (χ2n) is 5.50. The molecule has 2 heterocycles. The molecule has 0 unspecified atom stereocenters. The molecule has 0 aliphatic rings. The number of thiazole rings is 2. The van der Waals surface area contributed by atoms with E-state index in [2.05, 4.69) is 15.3 Å². The third-order valence-electron chi connectivity index (χ3n) is 3.44. The summed E-state index contributed by atoms with van der Waals surface area (Å²) in [7, 11) is 0. The predicted molar refractivity (Wildman–Crippen MR) is 100 cm³/mol. The Morgan fingerprint density at radius 3 is 2.69 bits per heavy atom. The van der Waals surface area contributed by atoms with Gasteiger partial charge in [-0.15, -0.1) is 22.7 Å². The Labute approximate surface area is 157 Å². The number of hydrogen-bond acceptors (Lipinski definition) is 5. The number of carbonyl (C=O) groups is 1. The first kappa shape index (κ1) is 18.3. The number of nitrogens with zero attached hydrogens (tertiary/aromatic N) is 2. The molecular weight excluding hydrogens is 376 g/mol. The standard InChI is InChI=1S/C18H15F2N3OS2/c1-11(9-19)8-14-15(23-18(26-14)17-21-6-7-25-17)16(24)22-10-12-2-4-13(20)5-3-12/h2-8H,9-10H2,1H3,(H,22,24)/b11-8+. The minimum atomic E-state index is -0.596. The van der Waals surface area contributed by atoms with E-state index >= 15 is 0 Å². The molecule has 0 saturated carbocycles. The zero-order valence-corrected chi connectivity index (χ0v) is 15.5. The van der Waals surface area contributed by atoms with Crippen LogP contribution >= 0.6 is 22.7 Å². The van der Waals surface area contributed by atoms with Crippen LogP contribution in [0.4, 0.5) is 8.78 Å². The summed E-state index contributed by atoms with van der Waals surface area (Å²) in [4.78, 5) is 21.8. The monoisotopic (exact) mass is 391 g/mol. The Morgan fingerprint density at radius 2 is 2.04 bits per heavy atom. The molecule has 1 N–H and O–H groups in total. The first-order chi connectivity index (χ1) is 12.6. The van der Waals surface area contributed by atoms with Crippen LogP contribution in [0.5, 0.6) is 0 Å². The number of benzene rings is 1. The summed E-state index contributed by atoms with van der Waals surface area (Å²) >= 11 is 2.72. The number of halogens is 2. The SMILES string of the molecule is C/C(=C\c1sc(-c2nccs2)nc1C(=O)NCc1ccc(F)cc1)CF. The first-order valence-electron chi connectivity index (χ1n) is 7.73. The van der Waals surface area contributed by atoms with Gasteiger partial charge in [0.2, 0.25) is 0 Å². The fourth-order valence-electron chi connectivity index (χ4n) is 2.14. The summed E-state index contributed by atoms with van der Waals surface area (Å²) in [6.07, 6.45) is 3.29. The van der Waals surface area contributed by atoms with Crippen LogP contribution in [-0.4, -0.2) is 22.5 Å². The fourth-order valence-corrected chi connectivity index (χ4v) is 3.91. The maximum atomic E-state index is 13.0. The number of hydrogen-bond donors (Lipinski definition) is 1. The van der Waals surface area contributed by atoms with Crippen LogP contribution < -0.4 is 5.32 Å². The first-order valence-corrected chi connectivity index (χ1v) is 9.43. The van der Waals surface area contributed by atoms with Crippen LogP contribution in [0.3, 0.4) is 0 Å². The Morgan fingerprint density at radius 1 is 1.27 bits per heavy atom. The van der Waals surface area contributed by atoms with Crippen LogP contribution in [0, 0.1) is 5.82 Å². The predicted octanol–water partition coefficient (Wildman–Crippen LogP) is 4.71. The summed E-state index contributed by atoms with van der Waals surface area (Å²) in [6, 6.07) is 5.88. The van der Waals surface area contributed by atoms with E-state index in [1.165, 1.54) is 34.8 Å². The molecule has 0 atom stereocenters. The normalized spacial score (nSPS) is 11.6. The van der Waals surface area contributed by atoms with E-state index in [1.807, 2.05) is 5.38 Å². The van der Waals surface area contributed by atoms with Gasteiger partial charge in [0.15, 0.2) is 10.0 Å². The van der Waals surface area contributed by atoms with Gasteiger partial charge in [0.1, 0.15) is 18.2 Å². The van der Waals surface area contributed by atoms with Gasteiger partial charge in [-0.1, -0.05) is 12.1 Å². The molecule has 0 spiro atoms. The molecule has 3 rings (SSSR count).